The maximum atomic E-state index is 15.8. The zero-order valence-corrected chi connectivity index (χ0v) is 26.2. The molecular formula is C28H30ClFN6O5S2. The smallest absolute Gasteiger partial charge is 0.410 e. The Morgan fingerprint density at radius 3 is 2.72 bits per heavy atom. The summed E-state index contributed by atoms with van der Waals surface area (Å²) < 4.78 is 45.3. The third kappa shape index (κ3) is 6.51. The summed E-state index contributed by atoms with van der Waals surface area (Å²) in [5.41, 5.74) is -0.324. The van der Waals surface area contributed by atoms with Crippen LogP contribution in [0.5, 0.6) is 0 Å². The average molecular weight is 649 g/mol. The summed E-state index contributed by atoms with van der Waals surface area (Å²) in [6.07, 6.45) is 3.27. The van der Waals surface area contributed by atoms with Crippen LogP contribution in [0.15, 0.2) is 48.8 Å². The molecule has 0 radical (unpaired) electrons. The Bertz CT molecular complexity index is 1680. The van der Waals surface area contributed by atoms with Gasteiger partial charge in [-0.25, -0.2) is 27.7 Å². The van der Waals surface area contributed by atoms with Gasteiger partial charge in [-0.05, 0) is 69.5 Å². The molecule has 228 valence electrons. The SMILES string of the molecule is CN(C(=O)OC(C)(C)C)C(c1ccc(N2CCCC(N(c3cc4ccc(Cl)nc4s3)S(=O)O)C2=O)c(F)c1)c1ncc[nH]1. The van der Waals surface area contributed by atoms with Crippen LogP contribution >= 0.6 is 22.9 Å². The Kier molecular flexibility index (Phi) is 8.75. The van der Waals surface area contributed by atoms with E-state index < -0.39 is 46.8 Å². The molecule has 0 aliphatic carbocycles. The number of imidazole rings is 1. The number of aromatic amines is 1. The van der Waals surface area contributed by atoms with Gasteiger partial charge in [0.15, 0.2) is 0 Å². The van der Waals surface area contributed by atoms with Crippen molar-refractivity contribution in [1.29, 1.82) is 0 Å². The summed E-state index contributed by atoms with van der Waals surface area (Å²) in [6.45, 7) is 5.47. The highest BCUT2D eigenvalue weighted by molar-refractivity contribution is 7.81. The van der Waals surface area contributed by atoms with E-state index in [2.05, 4.69) is 15.0 Å². The van der Waals surface area contributed by atoms with Gasteiger partial charge in [-0.2, -0.15) is 0 Å². The second-order valence-electron chi connectivity index (χ2n) is 11.0. The molecule has 3 unspecified atom stereocenters. The van der Waals surface area contributed by atoms with E-state index in [0.717, 1.165) is 15.6 Å². The fraction of sp³-hybridized carbons (Fsp3) is 0.357. The fourth-order valence-corrected chi connectivity index (χ4v) is 7.10. The zero-order valence-electron chi connectivity index (χ0n) is 23.8. The Morgan fingerprint density at radius 2 is 2.07 bits per heavy atom. The normalized spacial score (nSPS) is 17.1. The minimum Gasteiger partial charge on any atom is -0.444 e. The van der Waals surface area contributed by atoms with E-state index in [4.69, 9.17) is 16.3 Å². The van der Waals surface area contributed by atoms with Crippen molar-refractivity contribution in [3.8, 4) is 0 Å². The standard InChI is InChI=1S/C28H30ClFN6O5S2/c1-28(2,3)41-27(38)34(4)23(24-31-11-12-32-24)16-7-9-19(18(30)14-16)35-13-5-6-20(26(35)37)36(43(39)40)22-15-17-8-10-21(29)33-25(17)42-22/h7-12,14-15,20,23H,5-6,13H2,1-4H3,(H,31,32)(H,39,40). The first-order valence-corrected chi connectivity index (χ1v) is 15.6. The van der Waals surface area contributed by atoms with Crippen molar-refractivity contribution in [2.75, 3.05) is 22.8 Å². The molecular weight excluding hydrogens is 619 g/mol. The molecule has 43 heavy (non-hydrogen) atoms. The Labute approximate surface area is 259 Å². The lowest BCUT2D eigenvalue weighted by Gasteiger charge is -2.37. The van der Waals surface area contributed by atoms with E-state index in [-0.39, 0.29) is 17.4 Å². The number of thiophene rings is 1. The molecule has 1 fully saturated rings. The molecule has 5 rings (SSSR count). The van der Waals surface area contributed by atoms with E-state index >= 15 is 4.39 Å². The summed E-state index contributed by atoms with van der Waals surface area (Å²) in [4.78, 5) is 41.3. The number of fused-ring (bicyclic) bond motifs is 1. The molecule has 1 aromatic carbocycles. The van der Waals surface area contributed by atoms with E-state index in [9.17, 15) is 18.4 Å². The predicted molar refractivity (Wildman–Crippen MR) is 164 cm³/mol. The highest BCUT2D eigenvalue weighted by Crippen LogP contribution is 2.37. The molecule has 0 saturated carbocycles. The van der Waals surface area contributed by atoms with Crippen LogP contribution in [-0.4, -0.2) is 65.8 Å². The molecule has 2 N–H and O–H groups in total. The van der Waals surface area contributed by atoms with Gasteiger partial charge in [0.1, 0.15) is 44.3 Å². The molecule has 1 saturated heterocycles. The molecule has 0 bridgehead atoms. The third-order valence-electron chi connectivity index (χ3n) is 6.84. The van der Waals surface area contributed by atoms with Gasteiger partial charge in [0.05, 0.1) is 5.69 Å². The molecule has 1 aliphatic heterocycles. The number of nitrogens with zero attached hydrogens (tertiary/aromatic N) is 5. The van der Waals surface area contributed by atoms with Gasteiger partial charge in [0.25, 0.3) is 17.2 Å². The van der Waals surface area contributed by atoms with Crippen LogP contribution in [-0.2, 0) is 20.8 Å². The van der Waals surface area contributed by atoms with Gasteiger partial charge in [-0.1, -0.05) is 29.0 Å². The number of carbonyl (C=O) groups excluding carboxylic acids is 2. The van der Waals surface area contributed by atoms with Crippen LogP contribution in [0.25, 0.3) is 10.2 Å². The summed E-state index contributed by atoms with van der Waals surface area (Å²) in [5.74, 6) is -0.815. The van der Waals surface area contributed by atoms with Crippen molar-refractivity contribution in [3.05, 3.63) is 71.2 Å². The number of benzene rings is 1. The van der Waals surface area contributed by atoms with Crippen molar-refractivity contribution in [3.63, 3.8) is 0 Å². The van der Waals surface area contributed by atoms with Gasteiger partial charge in [0.2, 0.25) is 0 Å². The van der Waals surface area contributed by atoms with Crippen LogP contribution in [0.3, 0.4) is 0 Å². The third-order valence-corrected chi connectivity index (χ3v) is 9.00. The maximum Gasteiger partial charge on any atom is 0.410 e. The molecule has 11 nitrogen and oxygen atoms in total. The van der Waals surface area contributed by atoms with Crippen LogP contribution in [0.1, 0.15) is 51.0 Å². The highest BCUT2D eigenvalue weighted by atomic mass is 35.5. The lowest BCUT2D eigenvalue weighted by molar-refractivity contribution is -0.120. The molecule has 3 aromatic heterocycles. The topological polar surface area (TPSA) is 132 Å². The van der Waals surface area contributed by atoms with Gasteiger partial charge in [0, 0.05) is 31.4 Å². The summed E-state index contributed by atoms with van der Waals surface area (Å²) in [5, 5.41) is 1.36. The molecule has 0 spiro atoms. The molecule has 1 aliphatic rings. The molecule has 4 aromatic rings. The Balaban J connectivity index is 1.44. The maximum absolute atomic E-state index is 15.8. The average Bonchev–Trinajstić information content (AvgIpc) is 3.59. The van der Waals surface area contributed by atoms with Gasteiger partial charge < -0.3 is 14.6 Å². The monoisotopic (exact) mass is 648 g/mol. The number of rotatable bonds is 7. The van der Waals surface area contributed by atoms with Crippen LogP contribution in [0, 0.1) is 5.82 Å². The van der Waals surface area contributed by atoms with Crippen LogP contribution in [0.4, 0.5) is 19.9 Å². The quantitative estimate of drug-likeness (QED) is 0.188. The van der Waals surface area contributed by atoms with Gasteiger partial charge in [-0.15, -0.1) is 0 Å². The number of nitrogens with one attached hydrogen (secondary N) is 1. The zero-order chi connectivity index (χ0) is 31.1. The lowest BCUT2D eigenvalue weighted by Crippen LogP contribution is -2.53. The fourth-order valence-electron chi connectivity index (χ4n) is 4.99. The molecule has 3 atom stereocenters. The predicted octanol–water partition coefficient (Wildman–Crippen LogP) is 5.91. The first-order chi connectivity index (χ1) is 20.3. The summed E-state index contributed by atoms with van der Waals surface area (Å²) >= 11 is 4.60. The van der Waals surface area contributed by atoms with Crippen LogP contribution < -0.4 is 9.21 Å². The molecule has 2 amide bonds. The van der Waals surface area contributed by atoms with E-state index in [1.54, 1.807) is 51.2 Å². The van der Waals surface area contributed by atoms with E-state index in [1.165, 1.54) is 35.2 Å². The summed E-state index contributed by atoms with van der Waals surface area (Å²) in [6, 6.07) is 7.55. The number of hydrogen-bond donors (Lipinski definition) is 2. The number of amides is 2. The van der Waals surface area contributed by atoms with Crippen molar-refractivity contribution >= 4 is 67.1 Å². The highest BCUT2D eigenvalue weighted by Gasteiger charge is 2.39. The number of pyridine rings is 1. The van der Waals surface area contributed by atoms with Gasteiger partial charge >= 0.3 is 6.09 Å². The van der Waals surface area contributed by atoms with E-state index in [1.807, 2.05) is 0 Å². The van der Waals surface area contributed by atoms with Crippen LogP contribution in [0.2, 0.25) is 5.15 Å². The number of carbonyl (C=O) groups is 2. The second kappa shape index (κ2) is 12.2. The number of anilines is 2. The Morgan fingerprint density at radius 1 is 1.30 bits per heavy atom. The van der Waals surface area contributed by atoms with E-state index in [0.29, 0.717) is 39.4 Å². The second-order valence-corrected chi connectivity index (χ2v) is 13.2. The number of aromatic nitrogens is 3. The minimum atomic E-state index is -2.54. The van der Waals surface area contributed by atoms with Crippen molar-refractivity contribution in [2.24, 2.45) is 0 Å². The Hall–Kier alpha value is -3.59. The molecule has 15 heteroatoms. The minimum absolute atomic E-state index is 0.0185. The number of hydrogen-bond acceptors (Lipinski definition) is 7. The van der Waals surface area contributed by atoms with Crippen molar-refractivity contribution in [2.45, 2.75) is 51.3 Å². The first kappa shape index (κ1) is 30.9. The summed E-state index contributed by atoms with van der Waals surface area (Å²) in [7, 11) is 1.53. The molecule has 4 heterocycles. The lowest BCUT2D eigenvalue weighted by atomic mass is 10.0. The number of piperidine rings is 1. The first-order valence-electron chi connectivity index (χ1n) is 13.4. The number of halogens is 2. The van der Waals surface area contributed by atoms with Crippen molar-refractivity contribution in [1.82, 2.24) is 19.9 Å². The van der Waals surface area contributed by atoms with Gasteiger partial charge in [-0.3, -0.25) is 14.2 Å². The number of ether oxygens (including phenoxy) is 1. The number of H-pyrrole nitrogens is 1. The largest absolute Gasteiger partial charge is 0.444 e. The van der Waals surface area contributed by atoms with Crippen molar-refractivity contribution < 1.29 is 27.5 Å².